The van der Waals surface area contributed by atoms with Gasteiger partial charge in [0, 0.05) is 49.5 Å². The molecule has 0 spiro atoms. The number of rotatable bonds is 4. The summed E-state index contributed by atoms with van der Waals surface area (Å²) in [6, 6.07) is 7.52. The second-order valence-electron chi connectivity index (χ2n) is 9.12. The van der Waals surface area contributed by atoms with E-state index in [4.69, 9.17) is 12.2 Å². The van der Waals surface area contributed by atoms with Crippen LogP contribution in [-0.2, 0) is 6.18 Å². The van der Waals surface area contributed by atoms with E-state index in [1.165, 1.54) is 18.3 Å². The van der Waals surface area contributed by atoms with Crippen molar-refractivity contribution in [2.24, 2.45) is 0 Å². The highest BCUT2D eigenvalue weighted by atomic mass is 32.1. The molecule has 1 aromatic heterocycles. The number of carbonyl (C=O) groups is 1. The highest BCUT2D eigenvalue weighted by Gasteiger charge is 2.31. The topological polar surface area (TPSA) is 77.8 Å². The van der Waals surface area contributed by atoms with E-state index < -0.39 is 29.0 Å². The number of hydrogen-bond acceptors (Lipinski definition) is 4. The summed E-state index contributed by atoms with van der Waals surface area (Å²) >= 11 is 5.39. The number of benzene rings is 2. The molecule has 3 aromatic rings. The summed E-state index contributed by atoms with van der Waals surface area (Å²) < 4.78 is 55.9. The van der Waals surface area contributed by atoms with E-state index >= 15 is 4.39 Å². The van der Waals surface area contributed by atoms with Gasteiger partial charge >= 0.3 is 12.1 Å². The van der Waals surface area contributed by atoms with E-state index in [0.717, 1.165) is 31.0 Å². The van der Waals surface area contributed by atoms with Gasteiger partial charge in [0.05, 0.1) is 16.8 Å². The van der Waals surface area contributed by atoms with Gasteiger partial charge < -0.3 is 24.8 Å². The molecule has 2 aromatic carbocycles. The van der Waals surface area contributed by atoms with E-state index in [-0.39, 0.29) is 27.8 Å². The minimum Gasteiger partial charge on any atom is -0.477 e. The summed E-state index contributed by atoms with van der Waals surface area (Å²) in [6.07, 6.45) is -1.44. The van der Waals surface area contributed by atoms with E-state index in [9.17, 15) is 27.9 Å². The Labute approximate surface area is 213 Å². The molecule has 2 fully saturated rings. The fraction of sp³-hybridized carbons (Fsp3) is 0.320. The molecule has 5 rings (SSSR count). The van der Waals surface area contributed by atoms with Crippen LogP contribution in [-0.4, -0.2) is 51.8 Å². The quantitative estimate of drug-likeness (QED) is 0.371. The SMILES string of the molecule is O=C(O)c1cn(C2CC2)c2cc(N3CCN(C(=S)Nc4cccc(C(F)(F)F)c4)CC3)c(F)cc2c1=O. The van der Waals surface area contributed by atoms with Crippen molar-refractivity contribution in [3.05, 3.63) is 69.8 Å². The molecule has 12 heteroatoms. The average molecular weight is 535 g/mol. The van der Waals surface area contributed by atoms with Crippen LogP contribution in [0.2, 0.25) is 0 Å². The summed E-state index contributed by atoms with van der Waals surface area (Å²) in [5.74, 6) is -1.98. The van der Waals surface area contributed by atoms with Crippen LogP contribution >= 0.6 is 12.2 Å². The van der Waals surface area contributed by atoms with Gasteiger partial charge in [-0.15, -0.1) is 0 Å². The molecule has 2 heterocycles. The van der Waals surface area contributed by atoms with Crippen molar-refractivity contribution >= 4 is 45.6 Å². The Morgan fingerprint density at radius 1 is 1.08 bits per heavy atom. The first-order chi connectivity index (χ1) is 17.5. The van der Waals surface area contributed by atoms with E-state index in [1.54, 1.807) is 15.5 Å². The molecule has 194 valence electrons. The van der Waals surface area contributed by atoms with Gasteiger partial charge in [-0.3, -0.25) is 4.79 Å². The minimum absolute atomic E-state index is 0.0261. The van der Waals surface area contributed by atoms with Crippen LogP contribution in [0.4, 0.5) is 28.9 Å². The molecule has 2 N–H and O–H groups in total. The summed E-state index contributed by atoms with van der Waals surface area (Å²) in [6.45, 7) is 1.56. The number of carboxylic acid groups (broad SMARTS) is 1. The zero-order valence-electron chi connectivity index (χ0n) is 19.4. The lowest BCUT2D eigenvalue weighted by atomic mass is 10.1. The summed E-state index contributed by atoms with van der Waals surface area (Å²) in [7, 11) is 0. The zero-order chi connectivity index (χ0) is 26.5. The Balaban J connectivity index is 1.34. The van der Waals surface area contributed by atoms with Gasteiger partial charge in [0.2, 0.25) is 5.43 Å². The van der Waals surface area contributed by atoms with Crippen molar-refractivity contribution in [1.29, 1.82) is 0 Å². The highest BCUT2D eigenvalue weighted by molar-refractivity contribution is 7.80. The predicted octanol–water partition coefficient (Wildman–Crippen LogP) is 4.71. The van der Waals surface area contributed by atoms with Gasteiger partial charge in [-0.25, -0.2) is 9.18 Å². The van der Waals surface area contributed by atoms with Crippen molar-refractivity contribution in [3.63, 3.8) is 0 Å². The third-order valence-corrected chi connectivity index (χ3v) is 6.98. The molecule has 1 saturated carbocycles. The van der Waals surface area contributed by atoms with Crippen LogP contribution in [0.5, 0.6) is 0 Å². The molecule has 2 aliphatic rings. The van der Waals surface area contributed by atoms with Crippen LogP contribution < -0.4 is 15.6 Å². The number of halogens is 4. The van der Waals surface area contributed by atoms with Crippen LogP contribution in [0, 0.1) is 5.82 Å². The lowest BCUT2D eigenvalue weighted by molar-refractivity contribution is -0.137. The average Bonchev–Trinajstić information content (AvgIpc) is 3.69. The number of nitrogens with one attached hydrogen (secondary N) is 1. The monoisotopic (exact) mass is 534 g/mol. The Morgan fingerprint density at radius 3 is 2.41 bits per heavy atom. The van der Waals surface area contributed by atoms with Crippen LogP contribution in [0.1, 0.15) is 34.8 Å². The molecule has 0 bridgehead atoms. The largest absolute Gasteiger partial charge is 0.477 e. The predicted molar refractivity (Wildman–Crippen MR) is 135 cm³/mol. The molecular formula is C25H22F4N4O3S. The summed E-state index contributed by atoms with van der Waals surface area (Å²) in [5, 5.41) is 12.5. The molecule has 0 radical (unpaired) electrons. The number of aromatic carboxylic acids is 1. The molecule has 0 unspecified atom stereocenters. The first-order valence-electron chi connectivity index (χ1n) is 11.6. The second kappa shape index (κ2) is 9.33. The fourth-order valence-electron chi connectivity index (χ4n) is 4.53. The van der Waals surface area contributed by atoms with Crippen molar-refractivity contribution in [3.8, 4) is 0 Å². The third-order valence-electron chi connectivity index (χ3n) is 6.62. The van der Waals surface area contributed by atoms with Crippen molar-refractivity contribution < 1.29 is 27.5 Å². The zero-order valence-corrected chi connectivity index (χ0v) is 20.2. The number of aromatic nitrogens is 1. The van der Waals surface area contributed by atoms with Crippen molar-refractivity contribution in [1.82, 2.24) is 9.47 Å². The van der Waals surface area contributed by atoms with Gasteiger partial charge in [-0.2, -0.15) is 13.2 Å². The molecule has 1 saturated heterocycles. The first-order valence-corrected chi connectivity index (χ1v) is 12.0. The number of fused-ring (bicyclic) bond motifs is 1. The second-order valence-corrected chi connectivity index (χ2v) is 9.51. The molecule has 7 nitrogen and oxygen atoms in total. The van der Waals surface area contributed by atoms with E-state index in [2.05, 4.69) is 5.32 Å². The van der Waals surface area contributed by atoms with Crippen LogP contribution in [0.3, 0.4) is 0 Å². The number of carboxylic acids is 1. The fourth-order valence-corrected chi connectivity index (χ4v) is 4.83. The maximum atomic E-state index is 15.2. The van der Waals surface area contributed by atoms with E-state index in [1.807, 2.05) is 4.90 Å². The van der Waals surface area contributed by atoms with Crippen molar-refractivity contribution in [2.75, 3.05) is 36.4 Å². The first kappa shape index (κ1) is 25.0. The number of anilines is 2. The number of nitrogens with zero attached hydrogens (tertiary/aromatic N) is 3. The smallest absolute Gasteiger partial charge is 0.416 e. The van der Waals surface area contributed by atoms with E-state index in [0.29, 0.717) is 37.4 Å². The number of piperazine rings is 1. The van der Waals surface area contributed by atoms with Gasteiger partial charge in [0.1, 0.15) is 11.4 Å². The number of thiocarbonyl (C=S) groups is 1. The van der Waals surface area contributed by atoms with Crippen LogP contribution in [0.25, 0.3) is 10.9 Å². The molecule has 0 amide bonds. The standard InChI is InChI=1S/C25H22F4N4O3S/c26-19-11-17-20(33(16-4-5-16)13-18(22(17)34)23(35)36)12-21(19)31-6-8-32(9-7-31)24(37)30-15-3-1-2-14(10-15)25(27,28)29/h1-3,10-13,16H,4-9H2,(H,30,37)(H,35,36). The molecule has 0 atom stereocenters. The normalized spacial score (nSPS) is 16.2. The van der Waals surface area contributed by atoms with Crippen molar-refractivity contribution in [2.45, 2.75) is 25.1 Å². The Bertz CT molecular complexity index is 1460. The third kappa shape index (κ3) is 4.97. The number of alkyl halides is 3. The number of pyridine rings is 1. The maximum absolute atomic E-state index is 15.2. The lowest BCUT2D eigenvalue weighted by Crippen LogP contribution is -2.50. The lowest BCUT2D eigenvalue weighted by Gasteiger charge is -2.37. The Morgan fingerprint density at radius 2 is 1.78 bits per heavy atom. The molecule has 1 aliphatic heterocycles. The molecular weight excluding hydrogens is 512 g/mol. The minimum atomic E-state index is -4.46. The Kier molecular flexibility index (Phi) is 6.30. The van der Waals surface area contributed by atoms with Gasteiger partial charge in [0.25, 0.3) is 0 Å². The molecule has 37 heavy (non-hydrogen) atoms. The number of hydrogen-bond donors (Lipinski definition) is 2. The maximum Gasteiger partial charge on any atom is 0.416 e. The summed E-state index contributed by atoms with van der Waals surface area (Å²) in [4.78, 5) is 27.8. The van der Waals surface area contributed by atoms with Gasteiger partial charge in [-0.1, -0.05) is 6.07 Å². The molecule has 1 aliphatic carbocycles. The highest BCUT2D eigenvalue weighted by Crippen LogP contribution is 2.38. The van der Waals surface area contributed by atoms with Crippen LogP contribution in [0.15, 0.2) is 47.4 Å². The van der Waals surface area contributed by atoms with Gasteiger partial charge in [-0.05, 0) is 55.4 Å². The summed E-state index contributed by atoms with van der Waals surface area (Å²) in [5.41, 5.74) is -0.889. The Hall–Kier alpha value is -3.67. The van der Waals surface area contributed by atoms with Gasteiger partial charge in [0.15, 0.2) is 5.11 Å².